The van der Waals surface area contributed by atoms with Crippen LogP contribution in [-0.4, -0.2) is 44.6 Å². The predicted molar refractivity (Wildman–Crippen MR) is 93.7 cm³/mol. The van der Waals surface area contributed by atoms with Gasteiger partial charge >= 0.3 is 0 Å². The zero-order valence-corrected chi connectivity index (χ0v) is 14.2. The van der Waals surface area contributed by atoms with Crippen LogP contribution in [0, 0.1) is 6.92 Å². The molecule has 2 aromatic heterocycles. The van der Waals surface area contributed by atoms with Crippen molar-refractivity contribution in [3.63, 3.8) is 0 Å². The third kappa shape index (κ3) is 2.78. The average Bonchev–Trinajstić information content (AvgIpc) is 2.89. The summed E-state index contributed by atoms with van der Waals surface area (Å²) in [6, 6.07) is 9.94. The van der Waals surface area contributed by atoms with Crippen LogP contribution in [0.2, 0.25) is 0 Å². The summed E-state index contributed by atoms with van der Waals surface area (Å²) >= 11 is 0. The van der Waals surface area contributed by atoms with Gasteiger partial charge in [0.1, 0.15) is 0 Å². The fourth-order valence-corrected chi connectivity index (χ4v) is 2.59. The Labute approximate surface area is 140 Å². The van der Waals surface area contributed by atoms with Crippen LogP contribution in [0.25, 0.3) is 22.9 Å². The second-order valence-electron chi connectivity index (χ2n) is 5.83. The van der Waals surface area contributed by atoms with Crippen LogP contribution in [0.4, 0.5) is 0 Å². The van der Waals surface area contributed by atoms with Crippen LogP contribution in [0.3, 0.4) is 0 Å². The molecule has 3 aromatic rings. The Morgan fingerprint density at radius 3 is 2.50 bits per heavy atom. The number of aromatic nitrogens is 4. The molecule has 0 radical (unpaired) electrons. The van der Waals surface area contributed by atoms with Crippen molar-refractivity contribution in [2.24, 2.45) is 0 Å². The second-order valence-corrected chi connectivity index (χ2v) is 5.83. The van der Waals surface area contributed by atoms with Crippen molar-refractivity contribution in [2.75, 3.05) is 14.1 Å². The highest BCUT2D eigenvalue weighted by Crippen LogP contribution is 2.27. The Morgan fingerprint density at radius 2 is 1.88 bits per heavy atom. The van der Waals surface area contributed by atoms with E-state index in [1.54, 1.807) is 4.52 Å². The molecule has 0 spiro atoms. The van der Waals surface area contributed by atoms with Gasteiger partial charge in [0.05, 0.1) is 17.0 Å². The Kier molecular flexibility index (Phi) is 4.12. The quantitative estimate of drug-likeness (QED) is 0.691. The highest BCUT2D eigenvalue weighted by molar-refractivity contribution is 5.95. The lowest BCUT2D eigenvalue weighted by molar-refractivity contribution is 0.101. The summed E-state index contributed by atoms with van der Waals surface area (Å²) in [4.78, 5) is 13.8. The van der Waals surface area contributed by atoms with Gasteiger partial charge in [-0.15, -0.1) is 10.2 Å². The number of rotatable bonds is 4. The molecule has 6 nitrogen and oxygen atoms in total. The molecule has 0 aliphatic rings. The number of aryl methyl sites for hydroxylation is 1. The SMILES string of the molecule is CC(=O)c1nnc2c(-c3ccccc3)c(C)nn2c1/C=C/N(C)C. The Bertz CT molecular complexity index is 925. The third-order valence-electron chi connectivity index (χ3n) is 3.68. The molecule has 2 heterocycles. The summed E-state index contributed by atoms with van der Waals surface area (Å²) in [6.07, 6.45) is 3.70. The molecular weight excluding hydrogens is 302 g/mol. The van der Waals surface area contributed by atoms with Gasteiger partial charge in [0.2, 0.25) is 0 Å². The molecule has 6 heteroatoms. The van der Waals surface area contributed by atoms with Gasteiger partial charge in [0.15, 0.2) is 17.1 Å². The monoisotopic (exact) mass is 321 g/mol. The number of hydrogen-bond acceptors (Lipinski definition) is 5. The maximum atomic E-state index is 11.9. The molecular formula is C18H19N5O. The second kappa shape index (κ2) is 6.23. The van der Waals surface area contributed by atoms with Gasteiger partial charge in [-0.2, -0.15) is 5.10 Å². The summed E-state index contributed by atoms with van der Waals surface area (Å²) in [7, 11) is 3.83. The van der Waals surface area contributed by atoms with Crippen molar-refractivity contribution in [3.8, 4) is 11.1 Å². The van der Waals surface area contributed by atoms with E-state index in [0.717, 1.165) is 16.8 Å². The Hall–Kier alpha value is -3.02. The van der Waals surface area contributed by atoms with Gasteiger partial charge in [-0.25, -0.2) is 4.52 Å². The lowest BCUT2D eigenvalue weighted by Crippen LogP contribution is -2.10. The summed E-state index contributed by atoms with van der Waals surface area (Å²) in [5.41, 5.74) is 4.38. The maximum Gasteiger partial charge on any atom is 0.186 e. The van der Waals surface area contributed by atoms with E-state index in [9.17, 15) is 4.79 Å². The number of ketones is 1. The molecule has 122 valence electrons. The average molecular weight is 321 g/mol. The van der Waals surface area contributed by atoms with E-state index in [4.69, 9.17) is 0 Å². The van der Waals surface area contributed by atoms with Crippen molar-refractivity contribution in [1.29, 1.82) is 0 Å². The first-order chi connectivity index (χ1) is 11.5. The van der Waals surface area contributed by atoms with E-state index in [1.165, 1.54) is 6.92 Å². The van der Waals surface area contributed by atoms with Crippen molar-refractivity contribution in [3.05, 3.63) is 53.6 Å². The molecule has 0 saturated carbocycles. The van der Waals surface area contributed by atoms with Crippen LogP contribution in [0.5, 0.6) is 0 Å². The minimum Gasteiger partial charge on any atom is -0.383 e. The smallest absolute Gasteiger partial charge is 0.186 e. The minimum atomic E-state index is -0.141. The molecule has 0 aliphatic heterocycles. The first-order valence-corrected chi connectivity index (χ1v) is 7.66. The largest absolute Gasteiger partial charge is 0.383 e. The van der Waals surface area contributed by atoms with Gasteiger partial charge < -0.3 is 4.90 Å². The molecule has 0 fully saturated rings. The first kappa shape index (κ1) is 15.9. The maximum absolute atomic E-state index is 11.9. The molecule has 0 unspecified atom stereocenters. The normalized spacial score (nSPS) is 11.3. The first-order valence-electron chi connectivity index (χ1n) is 7.66. The summed E-state index contributed by atoms with van der Waals surface area (Å²) in [5.74, 6) is -0.141. The third-order valence-corrected chi connectivity index (χ3v) is 3.68. The van der Waals surface area contributed by atoms with Crippen molar-refractivity contribution in [1.82, 2.24) is 24.7 Å². The molecule has 0 N–H and O–H groups in total. The summed E-state index contributed by atoms with van der Waals surface area (Å²) in [6.45, 7) is 3.42. The van der Waals surface area contributed by atoms with Crippen molar-refractivity contribution < 1.29 is 4.79 Å². The summed E-state index contributed by atoms with van der Waals surface area (Å²) in [5, 5.41) is 13.0. The van der Waals surface area contributed by atoms with Gasteiger partial charge in [0, 0.05) is 27.2 Å². The summed E-state index contributed by atoms with van der Waals surface area (Å²) < 4.78 is 1.70. The van der Waals surface area contributed by atoms with Crippen LogP contribution < -0.4 is 0 Å². The number of carbonyl (C=O) groups is 1. The Morgan fingerprint density at radius 1 is 1.17 bits per heavy atom. The van der Waals surface area contributed by atoms with Crippen LogP contribution in [0.1, 0.15) is 28.8 Å². The highest BCUT2D eigenvalue weighted by atomic mass is 16.1. The van der Waals surface area contributed by atoms with Crippen molar-refractivity contribution >= 4 is 17.5 Å². The van der Waals surface area contributed by atoms with Crippen LogP contribution in [0.15, 0.2) is 36.5 Å². The zero-order chi connectivity index (χ0) is 17.3. The van der Waals surface area contributed by atoms with Gasteiger partial charge in [0.25, 0.3) is 0 Å². The van der Waals surface area contributed by atoms with Gasteiger partial charge in [-0.05, 0) is 18.6 Å². The lowest BCUT2D eigenvalue weighted by atomic mass is 10.1. The zero-order valence-electron chi connectivity index (χ0n) is 14.2. The van der Waals surface area contributed by atoms with E-state index in [-0.39, 0.29) is 5.78 Å². The van der Waals surface area contributed by atoms with Gasteiger partial charge in [-0.3, -0.25) is 4.79 Å². The lowest BCUT2D eigenvalue weighted by Gasteiger charge is -2.07. The molecule has 0 amide bonds. The van der Waals surface area contributed by atoms with Crippen LogP contribution >= 0.6 is 0 Å². The molecule has 24 heavy (non-hydrogen) atoms. The van der Waals surface area contributed by atoms with E-state index >= 15 is 0 Å². The number of nitrogens with zero attached hydrogens (tertiary/aromatic N) is 5. The molecule has 0 atom stereocenters. The molecule has 3 rings (SSSR count). The minimum absolute atomic E-state index is 0.141. The Balaban J connectivity index is 2.31. The van der Waals surface area contributed by atoms with E-state index in [2.05, 4.69) is 15.3 Å². The van der Waals surface area contributed by atoms with E-state index < -0.39 is 0 Å². The fraction of sp³-hybridized carbons (Fsp3) is 0.222. The predicted octanol–water partition coefficient (Wildman–Crippen LogP) is 2.83. The topological polar surface area (TPSA) is 63.4 Å². The van der Waals surface area contributed by atoms with Gasteiger partial charge in [-0.1, -0.05) is 30.3 Å². The standard InChI is InChI=1S/C18H19N5O/c1-12-16(14-8-6-5-7-9-14)18-20-19-17(13(2)24)15(23(18)21-12)10-11-22(3)4/h5-11H,1-4H3/b11-10+. The van der Waals surface area contributed by atoms with E-state index in [0.29, 0.717) is 17.0 Å². The molecule has 0 aliphatic carbocycles. The number of Topliss-reactive ketones (excluding diaryl/α,β-unsaturated/α-hetero) is 1. The molecule has 1 aromatic carbocycles. The molecule has 0 saturated heterocycles. The molecule has 0 bridgehead atoms. The number of fused-ring (bicyclic) bond motifs is 1. The van der Waals surface area contributed by atoms with Crippen LogP contribution in [-0.2, 0) is 0 Å². The highest BCUT2D eigenvalue weighted by Gasteiger charge is 2.19. The number of hydrogen-bond donors (Lipinski definition) is 0. The fourth-order valence-electron chi connectivity index (χ4n) is 2.59. The van der Waals surface area contributed by atoms with Crippen molar-refractivity contribution in [2.45, 2.75) is 13.8 Å². The van der Waals surface area contributed by atoms with E-state index in [1.807, 2.05) is 68.5 Å². The number of benzene rings is 1. The number of carbonyl (C=O) groups excluding carboxylic acids is 1.